The largest absolute Gasteiger partial charge is 0.414 e. The van der Waals surface area contributed by atoms with Gasteiger partial charge in [0.25, 0.3) is 5.91 Å². The van der Waals surface area contributed by atoms with Crippen molar-refractivity contribution in [2.24, 2.45) is 0 Å². The molecule has 0 radical (unpaired) electrons. The molecule has 0 fully saturated rings. The van der Waals surface area contributed by atoms with E-state index in [2.05, 4.69) is 4.98 Å². The highest BCUT2D eigenvalue weighted by Crippen LogP contribution is 2.44. The molecule has 0 spiro atoms. The van der Waals surface area contributed by atoms with E-state index >= 15 is 0 Å². The Morgan fingerprint density at radius 1 is 1.12 bits per heavy atom. The molecule has 0 unspecified atom stereocenters. The predicted molar refractivity (Wildman–Crippen MR) is 93.3 cm³/mol. The molecule has 0 aliphatic carbocycles. The fourth-order valence-electron chi connectivity index (χ4n) is 3.56. The van der Waals surface area contributed by atoms with Crippen LogP contribution in [0.25, 0.3) is 10.9 Å². The number of nitrogens with one attached hydrogen (secondary N) is 1. The van der Waals surface area contributed by atoms with E-state index < -0.39 is 18.1 Å². The average Bonchev–Trinajstić information content (AvgIpc) is 2.98. The minimum absolute atomic E-state index is 0.000480. The van der Waals surface area contributed by atoms with E-state index in [0.29, 0.717) is 22.5 Å². The van der Waals surface area contributed by atoms with Gasteiger partial charge in [0.2, 0.25) is 0 Å². The fourth-order valence-corrected chi connectivity index (χ4v) is 3.68. The number of alkyl halides is 3. The van der Waals surface area contributed by atoms with Gasteiger partial charge in [-0.15, -0.1) is 0 Å². The van der Waals surface area contributed by atoms with Crippen molar-refractivity contribution in [3.8, 4) is 0 Å². The highest BCUT2D eigenvalue weighted by atomic mass is 35.5. The molecule has 3 nitrogen and oxygen atoms in total. The molecule has 1 N–H and O–H groups in total. The minimum atomic E-state index is -4.59. The van der Waals surface area contributed by atoms with E-state index in [4.69, 9.17) is 11.6 Å². The summed E-state index contributed by atoms with van der Waals surface area (Å²) in [7, 11) is 0. The zero-order chi connectivity index (χ0) is 18.5. The van der Waals surface area contributed by atoms with Crippen molar-refractivity contribution in [2.75, 3.05) is 6.54 Å². The van der Waals surface area contributed by atoms with Gasteiger partial charge in [0.05, 0.1) is 5.69 Å². The molecular weight excluding hydrogens is 365 g/mol. The summed E-state index contributed by atoms with van der Waals surface area (Å²) in [5.74, 6) is -0.659. The first-order valence-electron chi connectivity index (χ1n) is 8.09. The Morgan fingerprint density at radius 3 is 2.50 bits per heavy atom. The number of halogens is 4. The molecule has 2 heterocycles. The summed E-state index contributed by atoms with van der Waals surface area (Å²) in [6.45, 7) is 0.000480. The van der Waals surface area contributed by atoms with Crippen LogP contribution >= 0.6 is 11.6 Å². The third-order valence-electron chi connectivity index (χ3n) is 4.70. The monoisotopic (exact) mass is 378 g/mol. The van der Waals surface area contributed by atoms with Gasteiger partial charge >= 0.3 is 6.18 Å². The zero-order valence-corrected chi connectivity index (χ0v) is 14.2. The second-order valence-electron chi connectivity index (χ2n) is 6.26. The lowest BCUT2D eigenvalue weighted by Crippen LogP contribution is -2.46. The maximum absolute atomic E-state index is 13.9. The molecule has 26 heavy (non-hydrogen) atoms. The summed E-state index contributed by atoms with van der Waals surface area (Å²) in [4.78, 5) is 16.5. The van der Waals surface area contributed by atoms with Crippen molar-refractivity contribution in [2.45, 2.75) is 18.6 Å². The number of carbonyl (C=O) groups excluding carboxylic acids is 1. The Balaban J connectivity index is 1.81. The van der Waals surface area contributed by atoms with Crippen molar-refractivity contribution >= 4 is 28.4 Å². The van der Waals surface area contributed by atoms with E-state index in [1.54, 1.807) is 24.3 Å². The summed E-state index contributed by atoms with van der Waals surface area (Å²) in [6, 6.07) is 11.0. The first-order valence-corrected chi connectivity index (χ1v) is 8.47. The Kier molecular flexibility index (Phi) is 3.95. The third-order valence-corrected chi connectivity index (χ3v) is 4.95. The van der Waals surface area contributed by atoms with Crippen LogP contribution in [0.15, 0.2) is 48.5 Å². The lowest BCUT2D eigenvalue weighted by atomic mass is 9.96. The van der Waals surface area contributed by atoms with Gasteiger partial charge in [-0.25, -0.2) is 0 Å². The van der Waals surface area contributed by atoms with Gasteiger partial charge < -0.3 is 9.88 Å². The summed E-state index contributed by atoms with van der Waals surface area (Å²) in [5.41, 5.74) is 1.51. The number of hydrogen-bond acceptors (Lipinski definition) is 1. The van der Waals surface area contributed by atoms with Crippen LogP contribution in [0.2, 0.25) is 5.02 Å². The molecule has 0 saturated heterocycles. The molecule has 134 valence electrons. The van der Waals surface area contributed by atoms with Crippen LogP contribution in [0.1, 0.15) is 27.7 Å². The molecule has 1 aliphatic rings. The Labute approximate surface area is 152 Å². The molecule has 1 amide bonds. The molecule has 1 atom stereocenters. The number of amides is 1. The summed E-state index contributed by atoms with van der Waals surface area (Å²) in [5, 5.41) is 1.20. The zero-order valence-electron chi connectivity index (χ0n) is 13.5. The van der Waals surface area contributed by atoms with Crippen molar-refractivity contribution in [3.05, 3.63) is 70.4 Å². The van der Waals surface area contributed by atoms with Gasteiger partial charge in [-0.2, -0.15) is 13.2 Å². The number of hydrogen-bond donors (Lipinski definition) is 1. The molecule has 7 heteroatoms. The van der Waals surface area contributed by atoms with Crippen LogP contribution in [0.5, 0.6) is 0 Å². The first-order chi connectivity index (χ1) is 12.4. The Morgan fingerprint density at radius 2 is 1.81 bits per heavy atom. The molecule has 2 aromatic carbocycles. The van der Waals surface area contributed by atoms with Gasteiger partial charge in [-0.3, -0.25) is 4.79 Å². The Hall–Kier alpha value is -2.47. The van der Waals surface area contributed by atoms with Crippen LogP contribution in [0.4, 0.5) is 13.2 Å². The molecule has 1 aromatic heterocycles. The summed E-state index contributed by atoms with van der Waals surface area (Å²) >= 11 is 5.81. The average molecular weight is 379 g/mol. The lowest BCUT2D eigenvalue weighted by Gasteiger charge is -2.36. The van der Waals surface area contributed by atoms with E-state index in [-0.39, 0.29) is 17.8 Å². The standard InChI is InChI=1S/C19H14ClF3N2O/c20-12-7-5-11(6-8-12)18(26)25-10-9-14-13-3-1-2-4-15(13)24-16(14)17(25)19(21,22)23/h1-8,17,24H,9-10H2/t17-/m0/s1. The van der Waals surface area contributed by atoms with E-state index in [1.165, 1.54) is 24.3 Å². The van der Waals surface area contributed by atoms with E-state index in [9.17, 15) is 18.0 Å². The quantitative estimate of drug-likeness (QED) is 0.626. The first kappa shape index (κ1) is 17.0. The predicted octanol–water partition coefficient (Wildman–Crippen LogP) is 5.12. The maximum atomic E-state index is 13.9. The van der Waals surface area contributed by atoms with Gasteiger partial charge in [0.15, 0.2) is 6.04 Å². The van der Waals surface area contributed by atoms with Crippen molar-refractivity contribution in [1.29, 1.82) is 0 Å². The lowest BCUT2D eigenvalue weighted by molar-refractivity contribution is -0.182. The fraction of sp³-hybridized carbons (Fsp3) is 0.211. The SMILES string of the molecule is O=C(c1ccc(Cl)cc1)N1CCc2c([nH]c3ccccc23)[C@H]1C(F)(F)F. The molecular formula is C19H14ClF3N2O. The van der Waals surface area contributed by atoms with Crippen molar-refractivity contribution < 1.29 is 18.0 Å². The van der Waals surface area contributed by atoms with Crippen LogP contribution < -0.4 is 0 Å². The normalized spacial score (nSPS) is 17.4. The second kappa shape index (κ2) is 6.06. The summed E-state index contributed by atoms with van der Waals surface area (Å²) < 4.78 is 41.7. The van der Waals surface area contributed by atoms with Crippen LogP contribution in [0.3, 0.4) is 0 Å². The topological polar surface area (TPSA) is 36.1 Å². The maximum Gasteiger partial charge on any atom is 0.414 e. The number of aromatic nitrogens is 1. The highest BCUT2D eigenvalue weighted by molar-refractivity contribution is 6.30. The smallest absolute Gasteiger partial charge is 0.356 e. The highest BCUT2D eigenvalue weighted by Gasteiger charge is 2.50. The van der Waals surface area contributed by atoms with Crippen molar-refractivity contribution in [3.63, 3.8) is 0 Å². The van der Waals surface area contributed by atoms with Crippen molar-refractivity contribution in [1.82, 2.24) is 9.88 Å². The molecule has 0 bridgehead atoms. The van der Waals surface area contributed by atoms with Gasteiger partial charge in [-0.05, 0) is 42.3 Å². The number of benzene rings is 2. The number of carbonyl (C=O) groups is 1. The van der Waals surface area contributed by atoms with E-state index in [0.717, 1.165) is 10.3 Å². The Bertz CT molecular complexity index is 979. The molecule has 4 rings (SSSR count). The number of para-hydroxylation sites is 1. The van der Waals surface area contributed by atoms with Gasteiger partial charge in [-0.1, -0.05) is 29.8 Å². The summed E-state index contributed by atoms with van der Waals surface area (Å²) in [6.07, 6.45) is -4.22. The van der Waals surface area contributed by atoms with Crippen LogP contribution in [0, 0.1) is 0 Å². The second-order valence-corrected chi connectivity index (χ2v) is 6.70. The minimum Gasteiger partial charge on any atom is -0.356 e. The number of nitrogens with zero attached hydrogens (tertiary/aromatic N) is 1. The third kappa shape index (κ3) is 2.74. The van der Waals surface area contributed by atoms with Gasteiger partial charge in [0, 0.05) is 28.0 Å². The van der Waals surface area contributed by atoms with E-state index in [1.807, 2.05) is 0 Å². The number of rotatable bonds is 1. The molecule has 3 aromatic rings. The number of aromatic amines is 1. The number of fused-ring (bicyclic) bond motifs is 3. The number of H-pyrrole nitrogens is 1. The van der Waals surface area contributed by atoms with Crippen LogP contribution in [-0.2, 0) is 6.42 Å². The molecule has 1 aliphatic heterocycles. The van der Waals surface area contributed by atoms with Crippen LogP contribution in [-0.4, -0.2) is 28.5 Å². The van der Waals surface area contributed by atoms with Gasteiger partial charge in [0.1, 0.15) is 0 Å². The molecule has 0 saturated carbocycles.